The number of hydrogen-bond acceptors (Lipinski definition) is 4. The van der Waals surface area contributed by atoms with Crippen LogP contribution in [0.1, 0.15) is 20.3 Å². The highest BCUT2D eigenvalue weighted by atomic mass is 32.2. The van der Waals surface area contributed by atoms with Gasteiger partial charge in [-0.1, -0.05) is 13.8 Å². The molecule has 0 radical (unpaired) electrons. The minimum atomic E-state index is -2.81. The Morgan fingerprint density at radius 1 is 1.47 bits per heavy atom. The Morgan fingerprint density at radius 3 is 2.47 bits per heavy atom. The Bertz CT molecular complexity index is 311. The minimum absolute atomic E-state index is 0.122. The molecule has 0 aliphatic carbocycles. The van der Waals surface area contributed by atoms with E-state index in [9.17, 15) is 8.42 Å². The summed E-state index contributed by atoms with van der Waals surface area (Å²) in [5, 5.41) is 9.14. The highest BCUT2D eigenvalue weighted by molar-refractivity contribution is 7.91. The van der Waals surface area contributed by atoms with E-state index in [0.717, 1.165) is 13.0 Å². The topological polar surface area (TPSA) is 57.6 Å². The molecular formula is C10H21NO3S. The Labute approximate surface area is 92.2 Å². The van der Waals surface area contributed by atoms with Crippen molar-refractivity contribution < 1.29 is 13.5 Å². The molecule has 1 atom stereocenters. The van der Waals surface area contributed by atoms with Gasteiger partial charge in [-0.05, 0) is 13.5 Å². The van der Waals surface area contributed by atoms with Gasteiger partial charge in [0.15, 0.2) is 9.84 Å². The quantitative estimate of drug-likeness (QED) is 0.752. The van der Waals surface area contributed by atoms with Crippen molar-refractivity contribution in [1.29, 1.82) is 0 Å². The summed E-state index contributed by atoms with van der Waals surface area (Å²) < 4.78 is 22.6. The predicted molar refractivity (Wildman–Crippen MR) is 60.6 cm³/mol. The predicted octanol–water partition coefficient (Wildman–Crippen LogP) is 0.124. The Hall–Kier alpha value is -0.130. The summed E-state index contributed by atoms with van der Waals surface area (Å²) in [6.07, 6.45) is 0.723. The maximum absolute atomic E-state index is 11.3. The molecule has 0 amide bonds. The monoisotopic (exact) mass is 235 g/mol. The van der Waals surface area contributed by atoms with Crippen molar-refractivity contribution in [3.63, 3.8) is 0 Å². The van der Waals surface area contributed by atoms with Crippen molar-refractivity contribution in [3.05, 3.63) is 0 Å². The van der Waals surface area contributed by atoms with Crippen molar-refractivity contribution in [3.8, 4) is 0 Å². The van der Waals surface area contributed by atoms with E-state index in [-0.39, 0.29) is 23.8 Å². The molecule has 0 aromatic carbocycles. The van der Waals surface area contributed by atoms with E-state index < -0.39 is 9.84 Å². The molecular weight excluding hydrogens is 214 g/mol. The molecule has 0 saturated carbocycles. The summed E-state index contributed by atoms with van der Waals surface area (Å²) in [6.45, 7) is 4.81. The zero-order valence-electron chi connectivity index (χ0n) is 9.73. The van der Waals surface area contributed by atoms with Gasteiger partial charge in [0.05, 0.1) is 11.5 Å². The summed E-state index contributed by atoms with van der Waals surface area (Å²) >= 11 is 0. The average molecular weight is 235 g/mol. The Morgan fingerprint density at radius 2 is 2.07 bits per heavy atom. The van der Waals surface area contributed by atoms with E-state index in [1.807, 2.05) is 20.9 Å². The van der Waals surface area contributed by atoms with E-state index in [0.29, 0.717) is 5.75 Å². The number of sulfone groups is 1. The first-order valence-electron chi connectivity index (χ1n) is 5.27. The van der Waals surface area contributed by atoms with Gasteiger partial charge in [-0.25, -0.2) is 8.42 Å². The van der Waals surface area contributed by atoms with Crippen LogP contribution in [0.4, 0.5) is 0 Å². The van der Waals surface area contributed by atoms with Crippen LogP contribution >= 0.6 is 0 Å². The first kappa shape index (κ1) is 12.9. The number of aliphatic hydroxyl groups excluding tert-OH is 1. The van der Waals surface area contributed by atoms with E-state index in [2.05, 4.69) is 4.90 Å². The highest BCUT2D eigenvalue weighted by Crippen LogP contribution is 2.21. The minimum Gasteiger partial charge on any atom is -0.396 e. The van der Waals surface area contributed by atoms with E-state index in [1.165, 1.54) is 0 Å². The fourth-order valence-corrected chi connectivity index (χ4v) is 3.78. The average Bonchev–Trinajstić information content (AvgIpc) is 2.45. The summed E-state index contributed by atoms with van der Waals surface area (Å²) in [7, 11) is -0.874. The maximum Gasteiger partial charge on any atom is 0.151 e. The van der Waals surface area contributed by atoms with Gasteiger partial charge in [-0.15, -0.1) is 0 Å². The molecule has 1 rings (SSSR count). The van der Waals surface area contributed by atoms with Gasteiger partial charge in [-0.3, -0.25) is 0 Å². The van der Waals surface area contributed by atoms with Crippen LogP contribution in [0.2, 0.25) is 0 Å². The number of aliphatic hydroxyl groups is 1. The third kappa shape index (κ3) is 3.74. The lowest BCUT2D eigenvalue weighted by Gasteiger charge is -2.31. The molecule has 1 fully saturated rings. The number of nitrogens with zero attached hydrogens (tertiary/aromatic N) is 1. The molecule has 0 bridgehead atoms. The smallest absolute Gasteiger partial charge is 0.151 e. The molecule has 0 aromatic rings. The molecule has 15 heavy (non-hydrogen) atoms. The van der Waals surface area contributed by atoms with E-state index in [1.54, 1.807) is 0 Å². The van der Waals surface area contributed by atoms with E-state index >= 15 is 0 Å². The summed E-state index contributed by atoms with van der Waals surface area (Å²) in [6, 6.07) is 0.126. The van der Waals surface area contributed by atoms with Gasteiger partial charge >= 0.3 is 0 Å². The van der Waals surface area contributed by atoms with Crippen molar-refractivity contribution >= 4 is 9.84 Å². The molecule has 1 saturated heterocycles. The van der Waals surface area contributed by atoms with Crippen molar-refractivity contribution in [1.82, 2.24) is 4.90 Å². The zero-order chi connectivity index (χ0) is 11.7. The van der Waals surface area contributed by atoms with Gasteiger partial charge in [0.2, 0.25) is 0 Å². The van der Waals surface area contributed by atoms with Crippen LogP contribution in [-0.2, 0) is 9.84 Å². The third-order valence-corrected chi connectivity index (χ3v) is 4.69. The molecule has 1 aliphatic heterocycles. The standard InChI is InChI=1S/C10H21NO3S/c1-10(2,8-12)7-11(3)9-4-5-15(13,14)6-9/h9,12H,4-8H2,1-3H3. The van der Waals surface area contributed by atoms with Crippen LogP contribution < -0.4 is 0 Å². The van der Waals surface area contributed by atoms with Crippen LogP contribution in [0.3, 0.4) is 0 Å². The largest absolute Gasteiger partial charge is 0.396 e. The van der Waals surface area contributed by atoms with Crippen LogP contribution in [0.25, 0.3) is 0 Å². The zero-order valence-corrected chi connectivity index (χ0v) is 10.5. The lowest BCUT2D eigenvalue weighted by molar-refractivity contribution is 0.0999. The molecule has 1 unspecified atom stereocenters. The second-order valence-corrected chi connectivity index (χ2v) is 7.52. The molecule has 1 heterocycles. The van der Waals surface area contributed by atoms with Crippen LogP contribution in [0.15, 0.2) is 0 Å². The summed E-state index contributed by atoms with van der Waals surface area (Å²) in [5.74, 6) is 0.576. The molecule has 1 aliphatic rings. The van der Waals surface area contributed by atoms with E-state index in [4.69, 9.17) is 5.11 Å². The van der Waals surface area contributed by atoms with Gasteiger partial charge in [-0.2, -0.15) is 0 Å². The third-order valence-electron chi connectivity index (χ3n) is 2.94. The van der Waals surface area contributed by atoms with Gasteiger partial charge in [0, 0.05) is 24.6 Å². The van der Waals surface area contributed by atoms with Crippen molar-refractivity contribution in [2.75, 3.05) is 31.7 Å². The van der Waals surface area contributed by atoms with Crippen LogP contribution in [-0.4, -0.2) is 56.2 Å². The molecule has 4 nitrogen and oxygen atoms in total. The second kappa shape index (κ2) is 4.39. The molecule has 0 spiro atoms. The molecule has 1 N–H and O–H groups in total. The van der Waals surface area contributed by atoms with Crippen molar-refractivity contribution in [2.24, 2.45) is 5.41 Å². The summed E-state index contributed by atoms with van der Waals surface area (Å²) in [5.41, 5.74) is -0.166. The lowest BCUT2D eigenvalue weighted by atomic mass is 9.93. The fraction of sp³-hybridized carbons (Fsp3) is 1.00. The van der Waals surface area contributed by atoms with Gasteiger partial charge in [0.25, 0.3) is 0 Å². The highest BCUT2D eigenvalue weighted by Gasteiger charge is 2.32. The number of rotatable bonds is 4. The Kier molecular flexibility index (Phi) is 3.79. The Balaban J connectivity index is 2.53. The van der Waals surface area contributed by atoms with Crippen LogP contribution in [0.5, 0.6) is 0 Å². The number of hydrogen-bond donors (Lipinski definition) is 1. The normalized spacial score (nSPS) is 26.1. The molecule has 5 heteroatoms. The molecule has 0 aromatic heterocycles. The van der Waals surface area contributed by atoms with Gasteiger partial charge in [0.1, 0.15) is 0 Å². The first-order valence-corrected chi connectivity index (χ1v) is 7.09. The second-order valence-electron chi connectivity index (χ2n) is 5.29. The maximum atomic E-state index is 11.3. The van der Waals surface area contributed by atoms with Crippen molar-refractivity contribution in [2.45, 2.75) is 26.3 Å². The van der Waals surface area contributed by atoms with Crippen LogP contribution in [0, 0.1) is 5.41 Å². The SMILES string of the molecule is CN(CC(C)(C)CO)C1CCS(=O)(=O)C1. The first-order chi connectivity index (χ1) is 6.76. The lowest BCUT2D eigenvalue weighted by Crippen LogP contribution is -2.40. The molecule has 90 valence electrons. The fourth-order valence-electron chi connectivity index (χ4n) is 1.98. The summed E-state index contributed by atoms with van der Waals surface area (Å²) in [4.78, 5) is 2.06. The van der Waals surface area contributed by atoms with Gasteiger partial charge < -0.3 is 10.0 Å².